The lowest BCUT2D eigenvalue weighted by Crippen LogP contribution is -2.43. The number of nitrogens with one attached hydrogen (secondary N) is 4. The van der Waals surface area contributed by atoms with E-state index in [0.717, 1.165) is 30.3 Å². The van der Waals surface area contributed by atoms with Crippen LogP contribution in [0.15, 0.2) is 21.4 Å². The average molecular weight is 339 g/mol. The van der Waals surface area contributed by atoms with Gasteiger partial charge in [-0.05, 0) is 47.4 Å². The van der Waals surface area contributed by atoms with Crippen molar-refractivity contribution in [2.24, 2.45) is 0 Å². The number of fused-ring (bicyclic) bond motifs is 1. The van der Waals surface area contributed by atoms with Crippen molar-refractivity contribution in [3.05, 3.63) is 27.1 Å². The first kappa shape index (κ1) is 13.4. The van der Waals surface area contributed by atoms with Gasteiger partial charge < -0.3 is 20.6 Å². The average Bonchev–Trinajstić information content (AvgIpc) is 2.79. The van der Waals surface area contributed by atoms with Crippen molar-refractivity contribution < 1.29 is 4.79 Å². The Labute approximate surface area is 123 Å². The predicted octanol–water partition coefficient (Wildman–Crippen LogP) is 1.70. The van der Waals surface area contributed by atoms with Gasteiger partial charge in [0.25, 0.3) is 0 Å². The fourth-order valence-electron chi connectivity index (χ4n) is 2.45. The molecule has 1 aromatic carbocycles. The van der Waals surface area contributed by atoms with E-state index in [0.29, 0.717) is 16.7 Å². The molecule has 3 rings (SSSR count). The molecule has 20 heavy (non-hydrogen) atoms. The molecule has 1 amide bonds. The highest BCUT2D eigenvalue weighted by Crippen LogP contribution is 2.26. The minimum Gasteiger partial charge on any atom is -0.324 e. The Morgan fingerprint density at radius 1 is 1.25 bits per heavy atom. The van der Waals surface area contributed by atoms with E-state index in [1.165, 1.54) is 0 Å². The van der Waals surface area contributed by atoms with Gasteiger partial charge in [-0.1, -0.05) is 6.42 Å². The zero-order valence-corrected chi connectivity index (χ0v) is 12.3. The maximum absolute atomic E-state index is 12.2. The van der Waals surface area contributed by atoms with Crippen LogP contribution in [0.25, 0.3) is 11.0 Å². The fraction of sp³-hybridized carbons (Fsp3) is 0.385. The number of halogens is 1. The van der Waals surface area contributed by atoms with Gasteiger partial charge in [0.15, 0.2) is 0 Å². The maximum Gasteiger partial charge on any atom is 0.323 e. The van der Waals surface area contributed by atoms with E-state index >= 15 is 0 Å². The number of aromatic nitrogens is 2. The molecule has 1 aliphatic rings. The van der Waals surface area contributed by atoms with Crippen LogP contribution >= 0.6 is 15.9 Å². The number of H-pyrrole nitrogens is 2. The summed E-state index contributed by atoms with van der Waals surface area (Å²) >= 11 is 3.41. The zero-order chi connectivity index (χ0) is 14.1. The van der Waals surface area contributed by atoms with E-state index in [1.807, 2.05) is 0 Å². The lowest BCUT2D eigenvalue weighted by atomic mass is 10.0. The molecule has 6 nitrogen and oxygen atoms in total. The number of carbonyl (C=O) groups excluding carboxylic acids is 1. The Balaban J connectivity index is 1.84. The molecule has 1 aromatic heterocycles. The molecule has 0 aliphatic carbocycles. The van der Waals surface area contributed by atoms with E-state index < -0.39 is 0 Å². The number of benzene rings is 1. The Hall–Kier alpha value is -1.60. The number of hydrogen-bond donors (Lipinski definition) is 4. The molecule has 0 radical (unpaired) electrons. The summed E-state index contributed by atoms with van der Waals surface area (Å²) in [6.07, 6.45) is 3.03. The van der Waals surface area contributed by atoms with Crippen LogP contribution in [0.3, 0.4) is 0 Å². The second-order valence-electron chi connectivity index (χ2n) is 4.95. The molecule has 1 aliphatic heterocycles. The molecule has 1 fully saturated rings. The van der Waals surface area contributed by atoms with E-state index in [1.54, 1.807) is 12.1 Å². The summed E-state index contributed by atoms with van der Waals surface area (Å²) in [6, 6.07) is 3.38. The number of hydrogen-bond acceptors (Lipinski definition) is 3. The summed E-state index contributed by atoms with van der Waals surface area (Å²) in [6.45, 7) is 0.878. The van der Waals surface area contributed by atoms with Gasteiger partial charge >= 0.3 is 5.69 Å². The van der Waals surface area contributed by atoms with Crippen molar-refractivity contribution in [3.8, 4) is 0 Å². The molecule has 1 unspecified atom stereocenters. The largest absolute Gasteiger partial charge is 0.324 e. The molecule has 7 heteroatoms. The van der Waals surface area contributed by atoms with Crippen LogP contribution in [0.5, 0.6) is 0 Å². The Morgan fingerprint density at radius 3 is 2.70 bits per heavy atom. The zero-order valence-electron chi connectivity index (χ0n) is 10.8. The van der Waals surface area contributed by atoms with Crippen molar-refractivity contribution >= 4 is 38.6 Å². The first-order chi connectivity index (χ1) is 9.63. The molecular formula is C13H15BrN4O2. The summed E-state index contributed by atoms with van der Waals surface area (Å²) < 4.78 is 0.740. The number of aromatic amines is 2. The van der Waals surface area contributed by atoms with Crippen LogP contribution in [-0.2, 0) is 4.79 Å². The van der Waals surface area contributed by atoms with Gasteiger partial charge in [0.2, 0.25) is 5.91 Å². The second-order valence-corrected chi connectivity index (χ2v) is 5.80. The van der Waals surface area contributed by atoms with E-state index in [-0.39, 0.29) is 17.6 Å². The van der Waals surface area contributed by atoms with Crippen molar-refractivity contribution in [2.75, 3.05) is 11.9 Å². The van der Waals surface area contributed by atoms with E-state index in [2.05, 4.69) is 36.5 Å². The number of anilines is 1. The normalized spacial score (nSPS) is 19.1. The smallest absolute Gasteiger partial charge is 0.323 e. The standard InChI is InChI=1S/C13H15BrN4O2/c14-7-5-10-11(18-13(20)17-10)6-9(7)16-12(19)8-3-1-2-4-15-8/h5-6,8,15H,1-4H2,(H,16,19)(H2,17,18,20). The monoisotopic (exact) mass is 338 g/mol. The van der Waals surface area contributed by atoms with Crippen molar-refractivity contribution in [1.29, 1.82) is 0 Å². The quantitative estimate of drug-likeness (QED) is 0.671. The third kappa shape index (κ3) is 2.64. The molecule has 0 spiro atoms. The SMILES string of the molecule is O=C(Nc1cc2[nH]c(=O)[nH]c2cc1Br)C1CCCCN1. The highest BCUT2D eigenvalue weighted by molar-refractivity contribution is 9.10. The topological polar surface area (TPSA) is 89.8 Å². The lowest BCUT2D eigenvalue weighted by molar-refractivity contribution is -0.118. The minimum absolute atomic E-state index is 0.0392. The van der Waals surface area contributed by atoms with Crippen LogP contribution in [-0.4, -0.2) is 28.5 Å². The van der Waals surface area contributed by atoms with E-state index in [4.69, 9.17) is 0 Å². The van der Waals surface area contributed by atoms with Crippen molar-refractivity contribution in [1.82, 2.24) is 15.3 Å². The Morgan fingerprint density at radius 2 is 2.00 bits per heavy atom. The molecule has 0 saturated carbocycles. The fourth-order valence-corrected chi connectivity index (χ4v) is 2.89. The summed E-state index contributed by atoms with van der Waals surface area (Å²) in [4.78, 5) is 28.8. The molecule has 0 bridgehead atoms. The lowest BCUT2D eigenvalue weighted by Gasteiger charge is -2.22. The second kappa shape index (κ2) is 5.41. The van der Waals surface area contributed by atoms with Crippen LogP contribution in [0.1, 0.15) is 19.3 Å². The molecular weight excluding hydrogens is 324 g/mol. The first-order valence-corrected chi connectivity index (χ1v) is 7.38. The molecule has 106 valence electrons. The van der Waals surface area contributed by atoms with Crippen LogP contribution in [0.2, 0.25) is 0 Å². The van der Waals surface area contributed by atoms with Crippen LogP contribution in [0.4, 0.5) is 5.69 Å². The third-order valence-corrected chi connectivity index (χ3v) is 4.14. The summed E-state index contributed by atoms with van der Waals surface area (Å²) in [5.41, 5.74) is 1.77. The molecule has 1 saturated heterocycles. The van der Waals surface area contributed by atoms with Gasteiger partial charge in [-0.3, -0.25) is 4.79 Å². The first-order valence-electron chi connectivity index (χ1n) is 6.59. The maximum atomic E-state index is 12.2. The van der Waals surface area contributed by atoms with Gasteiger partial charge in [0.05, 0.1) is 22.8 Å². The van der Waals surface area contributed by atoms with E-state index in [9.17, 15) is 9.59 Å². The number of carbonyl (C=O) groups is 1. The number of rotatable bonds is 2. The minimum atomic E-state index is -0.260. The van der Waals surface area contributed by atoms with Crippen LogP contribution in [0, 0.1) is 0 Å². The van der Waals surface area contributed by atoms with Crippen LogP contribution < -0.4 is 16.3 Å². The third-order valence-electron chi connectivity index (χ3n) is 3.49. The molecule has 2 aromatic rings. The van der Waals surface area contributed by atoms with Gasteiger partial charge in [-0.25, -0.2) is 4.79 Å². The number of piperidine rings is 1. The molecule has 4 N–H and O–H groups in total. The Kier molecular flexibility index (Phi) is 3.62. The Bertz CT molecular complexity index is 700. The van der Waals surface area contributed by atoms with Gasteiger partial charge in [-0.15, -0.1) is 0 Å². The summed E-state index contributed by atoms with van der Waals surface area (Å²) in [5, 5.41) is 6.11. The number of amides is 1. The molecule has 2 heterocycles. The highest BCUT2D eigenvalue weighted by Gasteiger charge is 2.21. The number of imidazole rings is 1. The highest BCUT2D eigenvalue weighted by atomic mass is 79.9. The van der Waals surface area contributed by atoms with Crippen molar-refractivity contribution in [2.45, 2.75) is 25.3 Å². The van der Waals surface area contributed by atoms with Gasteiger partial charge in [0.1, 0.15) is 0 Å². The summed E-state index contributed by atoms with van der Waals surface area (Å²) in [5.74, 6) is -0.0392. The van der Waals surface area contributed by atoms with Gasteiger partial charge in [0, 0.05) is 4.47 Å². The molecule has 1 atom stereocenters. The predicted molar refractivity (Wildman–Crippen MR) is 80.9 cm³/mol. The summed E-state index contributed by atoms with van der Waals surface area (Å²) in [7, 11) is 0. The van der Waals surface area contributed by atoms with Crippen molar-refractivity contribution in [3.63, 3.8) is 0 Å². The van der Waals surface area contributed by atoms with Gasteiger partial charge in [-0.2, -0.15) is 0 Å².